The van der Waals surface area contributed by atoms with Crippen molar-refractivity contribution in [3.63, 3.8) is 0 Å². The second-order valence-corrected chi connectivity index (χ2v) is 2.32. The van der Waals surface area contributed by atoms with E-state index in [9.17, 15) is 4.39 Å². The Morgan fingerprint density at radius 1 is 1.33 bits per heavy atom. The topological polar surface area (TPSA) is 41.3 Å². The van der Waals surface area contributed by atoms with Gasteiger partial charge in [0.2, 0.25) is 10.4 Å². The molecule has 0 aliphatic carbocycles. The van der Waals surface area contributed by atoms with Crippen molar-refractivity contribution < 1.29 is 8.81 Å². The number of para-hydroxylation sites is 1. The van der Waals surface area contributed by atoms with Crippen LogP contribution in [0.1, 0.15) is 0 Å². The van der Waals surface area contributed by atoms with Crippen LogP contribution >= 0.6 is 0 Å². The Labute approximate surface area is 67.0 Å². The normalized spacial score (nSPS) is 10.0. The van der Waals surface area contributed by atoms with Crippen LogP contribution < -0.4 is 0 Å². The van der Waals surface area contributed by atoms with Crippen molar-refractivity contribution in [3.05, 3.63) is 35.1 Å². The van der Waals surface area contributed by atoms with Crippen LogP contribution in [0.2, 0.25) is 0 Å². The van der Waals surface area contributed by atoms with Gasteiger partial charge in [-0.05, 0) is 12.1 Å². The third-order valence-corrected chi connectivity index (χ3v) is 1.61. The molecule has 1 heterocycles. The van der Waals surface area contributed by atoms with E-state index in [2.05, 4.69) is 4.98 Å². The Morgan fingerprint density at radius 2 is 2.08 bits per heavy atom. The van der Waals surface area contributed by atoms with Crippen molar-refractivity contribution in [1.29, 1.82) is 5.39 Å². The molecule has 0 unspecified atom stereocenters. The SMILES string of the molecule is N#[N+]c1oc2ccccc2c1F. The van der Waals surface area contributed by atoms with E-state index in [0.29, 0.717) is 11.0 Å². The smallest absolute Gasteiger partial charge is 0.386 e. The number of rotatable bonds is 0. The fourth-order valence-electron chi connectivity index (χ4n) is 1.07. The molecule has 0 atom stereocenters. The van der Waals surface area contributed by atoms with Gasteiger partial charge in [0, 0.05) is 0 Å². The Balaban J connectivity index is 2.90. The maximum Gasteiger partial charge on any atom is 0.588 e. The van der Waals surface area contributed by atoms with E-state index in [1.165, 1.54) is 0 Å². The molecule has 0 fully saturated rings. The predicted molar refractivity (Wildman–Crippen MR) is 40.9 cm³/mol. The van der Waals surface area contributed by atoms with Crippen molar-refractivity contribution in [1.82, 2.24) is 0 Å². The molecule has 0 radical (unpaired) electrons. The minimum Gasteiger partial charge on any atom is -0.386 e. The maximum atomic E-state index is 13.1. The van der Waals surface area contributed by atoms with Gasteiger partial charge in [-0.3, -0.25) is 0 Å². The Hall–Kier alpha value is -1.89. The van der Waals surface area contributed by atoms with Gasteiger partial charge in [0.1, 0.15) is 5.58 Å². The van der Waals surface area contributed by atoms with E-state index in [1.54, 1.807) is 24.3 Å². The lowest BCUT2D eigenvalue weighted by molar-refractivity contribution is 0.582. The summed E-state index contributed by atoms with van der Waals surface area (Å²) in [7, 11) is 0. The van der Waals surface area contributed by atoms with Crippen LogP contribution in [0.15, 0.2) is 28.7 Å². The van der Waals surface area contributed by atoms with Gasteiger partial charge in [-0.1, -0.05) is 12.1 Å². The van der Waals surface area contributed by atoms with Gasteiger partial charge in [-0.25, -0.2) is 0 Å². The number of hydrogen-bond donors (Lipinski definition) is 0. The first-order chi connectivity index (χ1) is 5.83. The zero-order chi connectivity index (χ0) is 8.55. The fraction of sp³-hybridized carbons (Fsp3) is 0. The Bertz CT molecular complexity index is 469. The first-order valence-electron chi connectivity index (χ1n) is 3.35. The maximum absolute atomic E-state index is 13.1. The van der Waals surface area contributed by atoms with Crippen molar-refractivity contribution in [2.24, 2.45) is 0 Å². The van der Waals surface area contributed by atoms with Crippen LogP contribution in [0, 0.1) is 11.2 Å². The van der Waals surface area contributed by atoms with E-state index >= 15 is 0 Å². The minimum atomic E-state index is -0.631. The van der Waals surface area contributed by atoms with E-state index in [0.717, 1.165) is 0 Å². The largest absolute Gasteiger partial charge is 0.588 e. The average molecular weight is 163 g/mol. The van der Waals surface area contributed by atoms with Crippen LogP contribution in [-0.2, 0) is 0 Å². The second kappa shape index (κ2) is 2.31. The summed E-state index contributed by atoms with van der Waals surface area (Å²) >= 11 is 0. The number of halogens is 1. The molecule has 0 amide bonds. The van der Waals surface area contributed by atoms with Crippen molar-refractivity contribution in [2.45, 2.75) is 0 Å². The first kappa shape index (κ1) is 6.80. The first-order valence-corrected chi connectivity index (χ1v) is 3.35. The summed E-state index contributed by atoms with van der Waals surface area (Å²) in [4.78, 5) is 2.67. The molecule has 0 N–H and O–H groups in total. The van der Waals surface area contributed by atoms with E-state index in [1.807, 2.05) is 0 Å². The quantitative estimate of drug-likeness (QED) is 0.560. The number of nitrogens with zero attached hydrogens (tertiary/aromatic N) is 2. The second-order valence-electron chi connectivity index (χ2n) is 2.32. The van der Waals surface area contributed by atoms with Gasteiger partial charge in [-0.2, -0.15) is 4.39 Å². The molecular weight excluding hydrogens is 159 g/mol. The Morgan fingerprint density at radius 3 is 2.75 bits per heavy atom. The number of hydrogen-bond acceptors (Lipinski definition) is 2. The van der Waals surface area contributed by atoms with Gasteiger partial charge >= 0.3 is 5.88 Å². The minimum absolute atomic E-state index is 0.324. The summed E-state index contributed by atoms with van der Waals surface area (Å²) in [5.74, 6) is -1.01. The highest BCUT2D eigenvalue weighted by molar-refractivity contribution is 5.81. The summed E-state index contributed by atoms with van der Waals surface area (Å²) in [5, 5.41) is 8.64. The molecule has 2 aromatic rings. The zero-order valence-corrected chi connectivity index (χ0v) is 5.99. The van der Waals surface area contributed by atoms with E-state index in [-0.39, 0.29) is 5.88 Å². The molecule has 0 aliphatic heterocycles. The molecule has 2 rings (SSSR count). The van der Waals surface area contributed by atoms with Crippen LogP contribution in [0.4, 0.5) is 10.3 Å². The van der Waals surface area contributed by atoms with Crippen molar-refractivity contribution in [2.75, 3.05) is 0 Å². The van der Waals surface area contributed by atoms with E-state index < -0.39 is 5.82 Å². The van der Waals surface area contributed by atoms with Crippen LogP contribution in [0.5, 0.6) is 0 Å². The molecule has 0 spiro atoms. The lowest BCUT2D eigenvalue weighted by atomic mass is 10.2. The molecule has 3 nitrogen and oxygen atoms in total. The van der Waals surface area contributed by atoms with Gasteiger partial charge < -0.3 is 4.42 Å². The lowest BCUT2D eigenvalue weighted by Crippen LogP contribution is -1.66. The molecule has 0 saturated carbocycles. The summed E-state index contributed by atoms with van der Waals surface area (Å²) in [6.45, 7) is 0. The van der Waals surface area contributed by atoms with Crippen molar-refractivity contribution in [3.8, 4) is 0 Å². The van der Waals surface area contributed by atoms with Gasteiger partial charge in [0.15, 0.2) is 0 Å². The molecule has 0 bridgehead atoms. The molecule has 0 aliphatic rings. The Kier molecular flexibility index (Phi) is 1.31. The van der Waals surface area contributed by atoms with Crippen molar-refractivity contribution >= 4 is 16.9 Å². The summed E-state index contributed by atoms with van der Waals surface area (Å²) in [6.07, 6.45) is 0. The number of fused-ring (bicyclic) bond motifs is 1. The summed E-state index contributed by atoms with van der Waals surface area (Å²) in [5.41, 5.74) is 0.378. The third kappa shape index (κ3) is 0.768. The standard InChI is InChI=1S/C8H4FN2O/c9-7-5-3-1-2-4-6(5)12-8(7)11-10/h1-4H/q+1. The molecule has 1 aromatic heterocycles. The highest BCUT2D eigenvalue weighted by Gasteiger charge is 2.23. The van der Waals surface area contributed by atoms with Crippen LogP contribution in [0.3, 0.4) is 0 Å². The van der Waals surface area contributed by atoms with Gasteiger partial charge in [-0.15, -0.1) is 0 Å². The highest BCUT2D eigenvalue weighted by Crippen LogP contribution is 2.29. The molecule has 0 saturated heterocycles. The molecule has 12 heavy (non-hydrogen) atoms. The average Bonchev–Trinajstić information content (AvgIpc) is 2.44. The van der Waals surface area contributed by atoms with E-state index in [4.69, 9.17) is 9.81 Å². The van der Waals surface area contributed by atoms with Gasteiger partial charge in [0.25, 0.3) is 5.82 Å². The summed E-state index contributed by atoms with van der Waals surface area (Å²) in [6, 6.07) is 6.56. The molecular formula is C8H4FN2O+. The molecule has 58 valence electrons. The number of furan rings is 1. The van der Waals surface area contributed by atoms with Crippen LogP contribution in [0.25, 0.3) is 15.9 Å². The number of benzene rings is 1. The highest BCUT2D eigenvalue weighted by atomic mass is 19.1. The number of diazo groups is 1. The zero-order valence-electron chi connectivity index (χ0n) is 5.99. The fourth-order valence-corrected chi connectivity index (χ4v) is 1.07. The predicted octanol–water partition coefficient (Wildman–Crippen LogP) is 3.06. The third-order valence-electron chi connectivity index (χ3n) is 1.61. The molecule has 1 aromatic carbocycles. The lowest BCUT2D eigenvalue weighted by Gasteiger charge is -1.81. The van der Waals surface area contributed by atoms with Crippen LogP contribution in [-0.4, -0.2) is 0 Å². The monoisotopic (exact) mass is 163 g/mol. The molecule has 4 heteroatoms. The van der Waals surface area contributed by atoms with Gasteiger partial charge in [0.05, 0.1) is 5.39 Å². The summed E-state index contributed by atoms with van der Waals surface area (Å²) < 4.78 is 17.9.